The molecule has 0 spiro atoms. The second kappa shape index (κ2) is 4.94. The van der Waals surface area contributed by atoms with Crippen LogP contribution in [0.5, 0.6) is 0 Å². The Kier molecular flexibility index (Phi) is 3.54. The molecule has 0 saturated carbocycles. The van der Waals surface area contributed by atoms with Gasteiger partial charge in [-0.1, -0.05) is 18.2 Å². The molecule has 0 fully saturated rings. The van der Waals surface area contributed by atoms with Crippen LogP contribution in [0.25, 0.3) is 0 Å². The highest BCUT2D eigenvalue weighted by Gasteiger charge is 2.19. The molecule has 1 aliphatic heterocycles. The number of halogens is 1. The quantitative estimate of drug-likeness (QED) is 0.864. The molecule has 1 aromatic heterocycles. The maximum atomic E-state index is 5.73. The van der Waals surface area contributed by atoms with Crippen molar-refractivity contribution in [1.82, 2.24) is 4.98 Å². The lowest BCUT2D eigenvalue weighted by Crippen LogP contribution is -2.29. The minimum atomic E-state index is 0. The first kappa shape index (κ1) is 12.2. The fraction of sp³-hybridized carbons (Fsp3) is 0.250. The molecule has 0 aliphatic carbocycles. The zero-order chi connectivity index (χ0) is 11.0. The summed E-state index contributed by atoms with van der Waals surface area (Å²) in [6.45, 7) is 1.97. The molecule has 0 amide bonds. The molecule has 0 bridgehead atoms. The van der Waals surface area contributed by atoms with E-state index in [0.29, 0.717) is 5.13 Å². The first-order chi connectivity index (χ1) is 7.83. The van der Waals surface area contributed by atoms with Gasteiger partial charge in [0.2, 0.25) is 0 Å². The van der Waals surface area contributed by atoms with E-state index < -0.39 is 0 Å². The van der Waals surface area contributed by atoms with Crippen molar-refractivity contribution in [2.24, 2.45) is 0 Å². The van der Waals surface area contributed by atoms with Gasteiger partial charge < -0.3 is 10.6 Å². The number of hydrogen-bond donors (Lipinski definition) is 1. The number of fused-ring (bicyclic) bond motifs is 1. The highest BCUT2D eigenvalue weighted by molar-refractivity contribution is 7.15. The number of rotatable bonds is 1. The number of benzene rings is 1. The molecule has 0 atom stereocenters. The van der Waals surface area contributed by atoms with Crippen molar-refractivity contribution in [3.8, 4) is 0 Å². The van der Waals surface area contributed by atoms with Crippen molar-refractivity contribution in [2.45, 2.75) is 13.0 Å². The summed E-state index contributed by atoms with van der Waals surface area (Å²) in [5, 5.41) is 0.694. The van der Waals surface area contributed by atoms with Gasteiger partial charge in [0.1, 0.15) is 0 Å². The molecule has 0 saturated heterocycles. The predicted molar refractivity (Wildman–Crippen MR) is 75.0 cm³/mol. The normalized spacial score (nSPS) is 14.0. The van der Waals surface area contributed by atoms with Crippen LogP contribution in [0.1, 0.15) is 10.6 Å². The molecule has 0 unspecified atom stereocenters. The van der Waals surface area contributed by atoms with E-state index in [9.17, 15) is 0 Å². The van der Waals surface area contributed by atoms with Gasteiger partial charge in [-0.2, -0.15) is 0 Å². The van der Waals surface area contributed by atoms with E-state index >= 15 is 0 Å². The minimum absolute atomic E-state index is 0. The Morgan fingerprint density at radius 1 is 1.24 bits per heavy atom. The highest BCUT2D eigenvalue weighted by Crippen LogP contribution is 2.29. The Balaban J connectivity index is 0.00000108. The zero-order valence-electron chi connectivity index (χ0n) is 9.30. The summed E-state index contributed by atoms with van der Waals surface area (Å²) in [6, 6.07) is 10.5. The first-order valence-electron chi connectivity index (χ1n) is 5.37. The number of hydrogen-bond acceptors (Lipinski definition) is 4. The Morgan fingerprint density at radius 2 is 2.00 bits per heavy atom. The van der Waals surface area contributed by atoms with Crippen molar-refractivity contribution in [3.63, 3.8) is 0 Å². The summed E-state index contributed by atoms with van der Waals surface area (Å²) in [5.41, 5.74) is 8.20. The lowest BCUT2D eigenvalue weighted by molar-refractivity contribution is 0.729. The maximum absolute atomic E-state index is 5.73. The lowest BCUT2D eigenvalue weighted by Gasteiger charge is -2.28. The van der Waals surface area contributed by atoms with E-state index in [-0.39, 0.29) is 12.4 Å². The van der Waals surface area contributed by atoms with Crippen LogP contribution in [0.3, 0.4) is 0 Å². The summed E-state index contributed by atoms with van der Waals surface area (Å²) < 4.78 is 0. The summed E-state index contributed by atoms with van der Waals surface area (Å²) in [7, 11) is 0. The van der Waals surface area contributed by atoms with Gasteiger partial charge in [-0.25, -0.2) is 4.98 Å². The fourth-order valence-corrected chi connectivity index (χ4v) is 2.97. The molecule has 3 rings (SSSR count). The lowest BCUT2D eigenvalue weighted by atomic mass is 10.1. The van der Waals surface area contributed by atoms with Crippen molar-refractivity contribution < 1.29 is 0 Å². The summed E-state index contributed by atoms with van der Waals surface area (Å²) in [6.07, 6.45) is 0.998. The number of nitrogen functional groups attached to an aromatic ring is 1. The van der Waals surface area contributed by atoms with Crippen LogP contribution in [0.2, 0.25) is 0 Å². The molecule has 17 heavy (non-hydrogen) atoms. The summed E-state index contributed by atoms with van der Waals surface area (Å²) in [5.74, 6) is 0. The number of para-hydroxylation sites is 1. The van der Waals surface area contributed by atoms with Crippen LogP contribution in [-0.4, -0.2) is 11.5 Å². The SMILES string of the molecule is Cl.Nc1nc2c(s1)CN(c1ccccc1)CC2. The monoisotopic (exact) mass is 267 g/mol. The topological polar surface area (TPSA) is 42.1 Å². The second-order valence-electron chi connectivity index (χ2n) is 3.93. The number of thiazole rings is 1. The van der Waals surface area contributed by atoms with Crippen LogP contribution < -0.4 is 10.6 Å². The van der Waals surface area contributed by atoms with E-state index in [1.54, 1.807) is 11.3 Å². The van der Waals surface area contributed by atoms with Gasteiger partial charge in [0.25, 0.3) is 0 Å². The average Bonchev–Trinajstić information content (AvgIpc) is 2.69. The molecular formula is C12H14ClN3S. The summed E-state index contributed by atoms with van der Waals surface area (Å²) >= 11 is 1.61. The van der Waals surface area contributed by atoms with Gasteiger partial charge >= 0.3 is 0 Å². The molecule has 1 aliphatic rings. The van der Waals surface area contributed by atoms with Crippen LogP contribution in [0, 0.1) is 0 Å². The van der Waals surface area contributed by atoms with Gasteiger partial charge in [-0.3, -0.25) is 0 Å². The van der Waals surface area contributed by atoms with Crippen LogP contribution >= 0.6 is 23.7 Å². The predicted octanol–water partition coefficient (Wildman–Crippen LogP) is 2.71. The molecular weight excluding hydrogens is 254 g/mol. The van der Waals surface area contributed by atoms with Gasteiger partial charge in [-0.05, 0) is 12.1 Å². The van der Waals surface area contributed by atoms with Gasteiger partial charge in [0.05, 0.1) is 12.2 Å². The molecule has 1 aromatic carbocycles. The molecule has 3 nitrogen and oxygen atoms in total. The third-order valence-electron chi connectivity index (χ3n) is 2.87. The van der Waals surface area contributed by atoms with Crippen molar-refractivity contribution in [3.05, 3.63) is 40.9 Å². The van der Waals surface area contributed by atoms with Gasteiger partial charge in [-0.15, -0.1) is 23.7 Å². The number of nitrogens with two attached hydrogens (primary N) is 1. The van der Waals surface area contributed by atoms with E-state index in [4.69, 9.17) is 5.73 Å². The fourth-order valence-electron chi connectivity index (χ4n) is 2.07. The van der Waals surface area contributed by atoms with Gasteiger partial charge in [0.15, 0.2) is 5.13 Å². The zero-order valence-corrected chi connectivity index (χ0v) is 10.9. The van der Waals surface area contributed by atoms with E-state index in [1.165, 1.54) is 16.3 Å². The van der Waals surface area contributed by atoms with Crippen LogP contribution in [-0.2, 0) is 13.0 Å². The Hall–Kier alpha value is -1.26. The maximum Gasteiger partial charge on any atom is 0.180 e. The largest absolute Gasteiger partial charge is 0.375 e. The first-order valence-corrected chi connectivity index (χ1v) is 6.18. The molecule has 90 valence electrons. The molecule has 2 heterocycles. The molecule has 2 N–H and O–H groups in total. The summed E-state index contributed by atoms with van der Waals surface area (Å²) in [4.78, 5) is 8.04. The van der Waals surface area contributed by atoms with E-state index in [1.807, 2.05) is 6.07 Å². The Morgan fingerprint density at radius 3 is 2.76 bits per heavy atom. The van der Waals surface area contributed by atoms with Crippen LogP contribution in [0.4, 0.5) is 10.8 Å². The van der Waals surface area contributed by atoms with E-state index in [2.05, 4.69) is 34.1 Å². The number of aromatic nitrogens is 1. The van der Waals surface area contributed by atoms with Crippen molar-refractivity contribution >= 4 is 34.6 Å². The van der Waals surface area contributed by atoms with Crippen molar-refractivity contribution in [2.75, 3.05) is 17.2 Å². The highest BCUT2D eigenvalue weighted by atomic mass is 35.5. The minimum Gasteiger partial charge on any atom is -0.375 e. The smallest absolute Gasteiger partial charge is 0.180 e. The van der Waals surface area contributed by atoms with E-state index in [0.717, 1.165) is 19.5 Å². The third kappa shape index (κ3) is 2.37. The Labute approximate surface area is 111 Å². The standard InChI is InChI=1S/C12H13N3S.ClH/c13-12-14-10-6-7-15(8-11(10)16-12)9-4-2-1-3-5-9;/h1-5H,6-8H2,(H2,13,14);1H. The van der Waals surface area contributed by atoms with Crippen molar-refractivity contribution in [1.29, 1.82) is 0 Å². The number of nitrogens with zero attached hydrogens (tertiary/aromatic N) is 2. The number of anilines is 2. The molecule has 5 heteroatoms. The molecule has 0 radical (unpaired) electrons. The Bertz CT molecular complexity index is 498. The molecule has 2 aromatic rings. The third-order valence-corrected chi connectivity index (χ3v) is 3.78. The second-order valence-corrected chi connectivity index (χ2v) is 5.04. The van der Waals surface area contributed by atoms with Crippen LogP contribution in [0.15, 0.2) is 30.3 Å². The average molecular weight is 268 g/mol. The van der Waals surface area contributed by atoms with Gasteiger partial charge in [0, 0.05) is 23.5 Å².